The maximum atomic E-state index is 12.0. The first-order chi connectivity index (χ1) is 10.7. The van der Waals surface area contributed by atoms with Crippen LogP contribution in [0, 0.1) is 0 Å². The van der Waals surface area contributed by atoms with E-state index in [-0.39, 0.29) is 18.2 Å². The number of amides is 2. The molecule has 0 spiro atoms. The van der Waals surface area contributed by atoms with E-state index >= 15 is 0 Å². The van der Waals surface area contributed by atoms with E-state index in [0.29, 0.717) is 12.6 Å². The Hall–Kier alpha value is -1.66. The Bertz CT molecular complexity index is 496. The van der Waals surface area contributed by atoms with E-state index in [1.165, 1.54) is 12.8 Å². The molecule has 0 bridgehead atoms. The fourth-order valence-corrected chi connectivity index (χ4v) is 3.17. The summed E-state index contributed by atoms with van der Waals surface area (Å²) < 4.78 is 5.84. The average molecular weight is 304 g/mol. The van der Waals surface area contributed by atoms with Gasteiger partial charge in [-0.25, -0.2) is 4.79 Å². The van der Waals surface area contributed by atoms with E-state index < -0.39 is 0 Å². The Morgan fingerprint density at radius 2 is 2.45 bits per heavy atom. The van der Waals surface area contributed by atoms with Crippen LogP contribution < -0.4 is 10.6 Å². The highest BCUT2D eigenvalue weighted by Gasteiger charge is 2.32. The number of ether oxygens (including phenoxy) is 1. The molecule has 22 heavy (non-hydrogen) atoms. The van der Waals surface area contributed by atoms with Gasteiger partial charge in [-0.2, -0.15) is 0 Å². The summed E-state index contributed by atoms with van der Waals surface area (Å²) in [5.74, 6) is 0. The highest BCUT2D eigenvalue weighted by Crippen LogP contribution is 2.22. The number of fused-ring (bicyclic) bond motifs is 1. The molecule has 6 heteroatoms. The molecule has 0 radical (unpaired) electrons. The fourth-order valence-electron chi connectivity index (χ4n) is 3.17. The smallest absolute Gasteiger partial charge is 0.315 e. The zero-order valence-corrected chi connectivity index (χ0v) is 13.0. The monoisotopic (exact) mass is 304 g/mol. The van der Waals surface area contributed by atoms with Crippen LogP contribution in [0.3, 0.4) is 0 Å². The van der Waals surface area contributed by atoms with Crippen LogP contribution in [0.25, 0.3) is 0 Å². The van der Waals surface area contributed by atoms with Crippen LogP contribution in [0.1, 0.15) is 31.5 Å². The van der Waals surface area contributed by atoms with Crippen molar-refractivity contribution < 1.29 is 9.53 Å². The summed E-state index contributed by atoms with van der Waals surface area (Å²) in [4.78, 5) is 18.7. The van der Waals surface area contributed by atoms with Gasteiger partial charge in [0.2, 0.25) is 0 Å². The molecular formula is C16H24N4O2. The minimum Gasteiger partial charge on any atom is -0.373 e. The molecule has 6 nitrogen and oxygen atoms in total. The van der Waals surface area contributed by atoms with E-state index in [2.05, 4.69) is 20.5 Å². The highest BCUT2D eigenvalue weighted by atomic mass is 16.5. The average Bonchev–Trinajstić information content (AvgIpc) is 3.01. The lowest BCUT2D eigenvalue weighted by Crippen LogP contribution is -2.51. The summed E-state index contributed by atoms with van der Waals surface area (Å²) in [5, 5.41) is 5.80. The largest absolute Gasteiger partial charge is 0.373 e. The van der Waals surface area contributed by atoms with Crippen molar-refractivity contribution in [3.63, 3.8) is 0 Å². The SMILES string of the molecule is CC(NC(=O)NCC1CN2CCCC2CO1)c1ccccn1. The third kappa shape index (κ3) is 3.75. The number of carbonyl (C=O) groups excluding carboxylic acids is 1. The summed E-state index contributed by atoms with van der Waals surface area (Å²) >= 11 is 0. The van der Waals surface area contributed by atoms with Crippen molar-refractivity contribution in [2.24, 2.45) is 0 Å². The molecular weight excluding hydrogens is 280 g/mol. The van der Waals surface area contributed by atoms with Crippen LogP contribution in [-0.2, 0) is 4.74 Å². The molecule has 0 saturated carbocycles. The van der Waals surface area contributed by atoms with Crippen LogP contribution >= 0.6 is 0 Å². The summed E-state index contributed by atoms with van der Waals surface area (Å²) in [5.41, 5.74) is 0.853. The number of hydrogen-bond donors (Lipinski definition) is 2. The van der Waals surface area contributed by atoms with E-state index in [9.17, 15) is 4.79 Å². The number of hydrogen-bond acceptors (Lipinski definition) is 4. The number of rotatable bonds is 4. The molecule has 3 unspecified atom stereocenters. The van der Waals surface area contributed by atoms with Crippen LogP contribution in [-0.4, -0.2) is 54.3 Å². The van der Waals surface area contributed by atoms with E-state index in [1.807, 2.05) is 25.1 Å². The molecule has 2 aliphatic rings. The highest BCUT2D eigenvalue weighted by molar-refractivity contribution is 5.74. The standard InChI is InChI=1S/C16H24N4O2/c1-12(15-6-2-3-7-17-15)19-16(21)18-9-14-10-20-8-4-5-13(20)11-22-14/h2-3,6-7,12-14H,4-5,8-11H2,1H3,(H2,18,19,21). The quantitative estimate of drug-likeness (QED) is 0.880. The van der Waals surface area contributed by atoms with Crippen molar-refractivity contribution in [3.05, 3.63) is 30.1 Å². The summed E-state index contributed by atoms with van der Waals surface area (Å²) in [7, 11) is 0. The number of nitrogens with one attached hydrogen (secondary N) is 2. The van der Waals surface area contributed by atoms with Crippen LogP contribution in [0.5, 0.6) is 0 Å². The molecule has 2 amide bonds. The van der Waals surface area contributed by atoms with Crippen molar-refractivity contribution >= 4 is 6.03 Å². The Kier molecular flexibility index (Phi) is 4.90. The minimum atomic E-state index is -0.176. The second kappa shape index (κ2) is 7.07. The third-order valence-electron chi connectivity index (χ3n) is 4.43. The number of carbonyl (C=O) groups is 1. The maximum Gasteiger partial charge on any atom is 0.315 e. The number of aromatic nitrogens is 1. The number of morpholine rings is 1. The molecule has 3 heterocycles. The molecule has 1 aromatic rings. The van der Waals surface area contributed by atoms with Gasteiger partial charge in [0.15, 0.2) is 0 Å². The first-order valence-corrected chi connectivity index (χ1v) is 8.03. The lowest BCUT2D eigenvalue weighted by atomic mass is 10.2. The van der Waals surface area contributed by atoms with Gasteiger partial charge in [0.05, 0.1) is 24.4 Å². The van der Waals surface area contributed by atoms with Gasteiger partial charge >= 0.3 is 6.03 Å². The van der Waals surface area contributed by atoms with Gasteiger partial charge in [0.25, 0.3) is 0 Å². The van der Waals surface area contributed by atoms with Gasteiger partial charge < -0.3 is 15.4 Å². The predicted octanol–water partition coefficient (Wildman–Crippen LogP) is 1.30. The first kappa shape index (κ1) is 15.2. The van der Waals surface area contributed by atoms with Crippen molar-refractivity contribution in [2.45, 2.75) is 38.0 Å². The topological polar surface area (TPSA) is 66.5 Å². The molecule has 1 aromatic heterocycles. The summed E-state index contributed by atoms with van der Waals surface area (Å²) in [6.07, 6.45) is 4.32. The summed E-state index contributed by atoms with van der Waals surface area (Å²) in [6.45, 7) is 5.34. The van der Waals surface area contributed by atoms with Gasteiger partial charge in [-0.1, -0.05) is 6.07 Å². The molecule has 2 aliphatic heterocycles. The molecule has 120 valence electrons. The minimum absolute atomic E-state index is 0.0882. The van der Waals surface area contributed by atoms with E-state index in [0.717, 1.165) is 25.4 Å². The van der Waals surface area contributed by atoms with Crippen molar-refractivity contribution in [3.8, 4) is 0 Å². The van der Waals surface area contributed by atoms with Crippen LogP contribution in [0.2, 0.25) is 0 Å². The fraction of sp³-hybridized carbons (Fsp3) is 0.625. The van der Waals surface area contributed by atoms with Crippen LogP contribution in [0.4, 0.5) is 4.79 Å². The van der Waals surface area contributed by atoms with Gasteiger partial charge in [0.1, 0.15) is 0 Å². The Morgan fingerprint density at radius 3 is 3.27 bits per heavy atom. The third-order valence-corrected chi connectivity index (χ3v) is 4.43. The molecule has 2 saturated heterocycles. The molecule has 0 aliphatic carbocycles. The zero-order chi connectivity index (χ0) is 15.4. The number of pyridine rings is 1. The van der Waals surface area contributed by atoms with E-state index in [4.69, 9.17) is 4.74 Å². The van der Waals surface area contributed by atoms with Gasteiger partial charge in [-0.3, -0.25) is 9.88 Å². The zero-order valence-electron chi connectivity index (χ0n) is 13.0. The van der Waals surface area contributed by atoms with Crippen LogP contribution in [0.15, 0.2) is 24.4 Å². The van der Waals surface area contributed by atoms with Gasteiger partial charge in [-0.05, 0) is 38.4 Å². The molecule has 0 aromatic carbocycles. The molecule has 3 atom stereocenters. The Labute approximate surface area is 131 Å². The maximum absolute atomic E-state index is 12.0. The van der Waals surface area contributed by atoms with Crippen molar-refractivity contribution in [1.29, 1.82) is 0 Å². The second-order valence-corrected chi connectivity index (χ2v) is 6.08. The lowest BCUT2D eigenvalue weighted by molar-refractivity contribution is -0.0458. The normalized spacial score (nSPS) is 26.2. The van der Waals surface area contributed by atoms with Crippen molar-refractivity contribution in [1.82, 2.24) is 20.5 Å². The predicted molar refractivity (Wildman–Crippen MR) is 83.5 cm³/mol. The first-order valence-electron chi connectivity index (χ1n) is 8.03. The Morgan fingerprint density at radius 1 is 1.55 bits per heavy atom. The van der Waals surface area contributed by atoms with Crippen molar-refractivity contribution in [2.75, 3.05) is 26.2 Å². The lowest BCUT2D eigenvalue weighted by Gasteiger charge is -2.35. The summed E-state index contributed by atoms with van der Waals surface area (Å²) in [6, 6.07) is 5.99. The van der Waals surface area contributed by atoms with Gasteiger partial charge in [-0.15, -0.1) is 0 Å². The van der Waals surface area contributed by atoms with Gasteiger partial charge in [0, 0.05) is 25.3 Å². The molecule has 3 rings (SSSR count). The number of urea groups is 1. The molecule has 2 fully saturated rings. The molecule has 2 N–H and O–H groups in total. The Balaban J connectivity index is 1.41. The number of nitrogens with zero attached hydrogens (tertiary/aromatic N) is 2. The van der Waals surface area contributed by atoms with E-state index in [1.54, 1.807) is 6.20 Å². The second-order valence-electron chi connectivity index (χ2n) is 6.08.